The van der Waals surface area contributed by atoms with Gasteiger partial charge in [0, 0.05) is 4.53 Å². The van der Waals surface area contributed by atoms with Crippen molar-refractivity contribution in [3.8, 4) is 0 Å². The van der Waals surface area contributed by atoms with E-state index in [1.807, 2.05) is 0 Å². The minimum Gasteiger partial charge on any atom is -0.476 e. The molecule has 0 heterocycles. The summed E-state index contributed by atoms with van der Waals surface area (Å²) in [5.74, 6) is -57.3. The highest BCUT2D eigenvalue weighted by atomic mass is 32.2. The van der Waals surface area contributed by atoms with E-state index in [1.165, 1.54) is 0 Å². The maximum absolute atomic E-state index is 13.4. The monoisotopic (exact) mass is 595 g/mol. The first kappa shape index (κ1) is 33.2. The molecule has 0 aliphatic carbocycles. The van der Waals surface area contributed by atoms with E-state index < -0.39 is 74.5 Å². The molecule has 0 aromatic carbocycles. The van der Waals surface area contributed by atoms with Crippen LogP contribution in [0.1, 0.15) is 0 Å². The Morgan fingerprint density at radius 2 is 0.800 bits per heavy atom. The van der Waals surface area contributed by atoms with Crippen molar-refractivity contribution in [3.05, 3.63) is 0 Å². The van der Waals surface area contributed by atoms with Gasteiger partial charge in [-0.25, -0.2) is 9.00 Å². The van der Waals surface area contributed by atoms with Crippen molar-refractivity contribution in [1.29, 1.82) is 0 Å². The van der Waals surface area contributed by atoms with Crippen LogP contribution < -0.4 is 0 Å². The highest BCUT2D eigenvalue weighted by Crippen LogP contribution is 2.64. The molecule has 210 valence electrons. The zero-order chi connectivity index (χ0) is 29.2. The first-order chi connectivity index (χ1) is 14.8. The summed E-state index contributed by atoms with van der Waals surface area (Å²) in [7, 11) is -6.62. The lowest BCUT2D eigenvalue weighted by atomic mass is 9.91. The van der Waals surface area contributed by atoms with Gasteiger partial charge in [0.1, 0.15) is 0 Å². The van der Waals surface area contributed by atoms with E-state index >= 15 is 0 Å². The average Bonchev–Trinajstić information content (AvgIpc) is 2.64. The topological polar surface area (TPSA) is 57.6 Å². The number of carboxylic acid groups (broad SMARTS) is 1. The average molecular weight is 595 g/mol. The zero-order valence-electron chi connectivity index (χ0n) is 14.7. The number of carboxylic acids is 1. The molecule has 0 rings (SSSR count). The molecule has 35 heavy (non-hydrogen) atoms. The van der Waals surface area contributed by atoms with Gasteiger partial charge in [-0.15, -0.1) is 4.48 Å². The maximum atomic E-state index is 13.4. The minimum absolute atomic E-state index is 3.72. The van der Waals surface area contributed by atoms with Crippen LogP contribution in [0.4, 0.5) is 87.9 Å². The van der Waals surface area contributed by atoms with Crippen molar-refractivity contribution < 1.29 is 102 Å². The molecule has 0 fully saturated rings. The Morgan fingerprint density at radius 1 is 0.543 bits per heavy atom. The Morgan fingerprint density at radius 3 is 1.06 bits per heavy atom. The molecule has 0 saturated carbocycles. The van der Waals surface area contributed by atoms with Crippen molar-refractivity contribution in [2.24, 2.45) is 0 Å². The molecule has 1 N–H and O–H groups in total. The van der Waals surface area contributed by atoms with Crippen molar-refractivity contribution in [2.75, 3.05) is 0 Å². The second-order valence-corrected chi connectivity index (χ2v) is 7.13. The molecule has 1 unspecified atom stereocenters. The Hall–Kier alpha value is -1.82. The molecule has 4 nitrogen and oxygen atoms in total. The van der Waals surface area contributed by atoms with Gasteiger partial charge >= 0.3 is 59.0 Å². The zero-order valence-corrected chi connectivity index (χ0v) is 15.5. The van der Waals surface area contributed by atoms with Gasteiger partial charge in [-0.1, -0.05) is 0 Å². The molecule has 25 heteroatoms. The second kappa shape index (κ2) is 8.36. The standard InChI is InChI=1S/C10HF20NO3S/c11-2(12,1(32)33)31(30)35(34)10(28,29)8(23,24)6(19,20)4(15,16)3(13,14)5(17,18)7(21,22)9(25,26)27/h(H,32,33). The summed E-state index contributed by atoms with van der Waals surface area (Å²) in [6.07, 6.45) is -8.00. The Balaban J connectivity index is 6.91. The van der Waals surface area contributed by atoms with E-state index in [0.29, 0.717) is 0 Å². The summed E-state index contributed by atoms with van der Waals surface area (Å²) in [4.78, 5) is 9.90. The minimum atomic E-state index is -9.12. The van der Waals surface area contributed by atoms with Gasteiger partial charge in [-0.05, 0) is 0 Å². The lowest BCUT2D eigenvalue weighted by molar-refractivity contribution is -0.458. The van der Waals surface area contributed by atoms with E-state index in [0.717, 1.165) is 0 Å². The van der Waals surface area contributed by atoms with Crippen LogP contribution in [0, 0.1) is 0 Å². The van der Waals surface area contributed by atoms with Crippen LogP contribution in [0.15, 0.2) is 0 Å². The number of nitrogens with zero attached hydrogens (tertiary/aromatic N) is 1. The SMILES string of the molecule is O=C(O)C(F)(F)N(F)S(=O)C(F)(F)C(F)(F)C(F)(F)C(F)(F)C(F)(F)C(F)(F)C(F)(F)C(F)(F)F. The third kappa shape index (κ3) is 4.24. The largest absolute Gasteiger partial charge is 0.476 e. The Kier molecular flexibility index (Phi) is 7.92. The fraction of sp³-hybridized carbons (Fsp3) is 0.900. The number of aliphatic carboxylic acids is 1. The van der Waals surface area contributed by atoms with Crippen molar-refractivity contribution in [3.63, 3.8) is 0 Å². The number of hydrogen-bond donors (Lipinski definition) is 1. The molecular formula is C10HF20NO3S. The summed E-state index contributed by atoms with van der Waals surface area (Å²) < 4.78 is 265. The van der Waals surface area contributed by atoms with Crippen molar-refractivity contribution in [1.82, 2.24) is 4.53 Å². The lowest BCUT2D eigenvalue weighted by Crippen LogP contribution is -2.75. The van der Waals surface area contributed by atoms with Crippen LogP contribution in [-0.2, 0) is 15.8 Å². The number of hydrogen-bond acceptors (Lipinski definition) is 2. The van der Waals surface area contributed by atoms with E-state index in [2.05, 4.69) is 0 Å². The molecule has 0 spiro atoms. The number of rotatable bonds is 10. The predicted molar refractivity (Wildman–Crippen MR) is 64.4 cm³/mol. The number of alkyl halides is 19. The van der Waals surface area contributed by atoms with Crippen molar-refractivity contribution in [2.45, 2.75) is 53.0 Å². The van der Waals surface area contributed by atoms with E-state index in [4.69, 9.17) is 5.11 Å². The number of carbonyl (C=O) groups is 1. The highest BCUT2D eigenvalue weighted by Gasteiger charge is 2.96. The summed E-state index contributed by atoms with van der Waals surface area (Å²) in [6, 6.07) is -6.64. The van der Waals surface area contributed by atoms with Gasteiger partial charge in [0.25, 0.3) is 0 Å². The Labute approximate surface area is 177 Å². The summed E-state index contributed by atoms with van der Waals surface area (Å²) in [5.41, 5.74) is 0. The molecule has 0 aromatic rings. The van der Waals surface area contributed by atoms with E-state index in [9.17, 15) is 96.9 Å². The third-order valence-corrected chi connectivity index (χ3v) is 4.75. The molecular weight excluding hydrogens is 594 g/mol. The van der Waals surface area contributed by atoms with Crippen LogP contribution in [0.2, 0.25) is 0 Å². The first-order valence-corrected chi connectivity index (χ1v) is 8.07. The molecule has 0 aromatic heterocycles. The van der Waals surface area contributed by atoms with Gasteiger partial charge in [0.2, 0.25) is 11.0 Å². The van der Waals surface area contributed by atoms with Crippen LogP contribution in [0.25, 0.3) is 0 Å². The summed E-state index contributed by atoms with van der Waals surface area (Å²) >= 11 is 0. The van der Waals surface area contributed by atoms with Gasteiger partial charge < -0.3 is 5.11 Å². The van der Waals surface area contributed by atoms with Gasteiger partial charge in [0.05, 0.1) is 0 Å². The first-order valence-electron chi connectivity index (χ1n) is 6.96. The molecule has 0 radical (unpaired) electrons. The lowest BCUT2D eigenvalue weighted by Gasteiger charge is -2.42. The van der Waals surface area contributed by atoms with Crippen LogP contribution in [0.3, 0.4) is 0 Å². The summed E-state index contributed by atoms with van der Waals surface area (Å²) in [5, 5.41) is -0.361. The highest BCUT2D eigenvalue weighted by molar-refractivity contribution is 7.83. The van der Waals surface area contributed by atoms with E-state index in [1.54, 1.807) is 0 Å². The van der Waals surface area contributed by atoms with Gasteiger partial charge in [-0.3, -0.25) is 0 Å². The third-order valence-electron chi connectivity index (χ3n) is 3.54. The van der Waals surface area contributed by atoms with Gasteiger partial charge in [-0.2, -0.15) is 83.4 Å². The number of halogens is 20. The molecule has 1 atom stereocenters. The summed E-state index contributed by atoms with van der Waals surface area (Å²) in [6.45, 7) is 0. The fourth-order valence-corrected chi connectivity index (χ4v) is 2.37. The van der Waals surface area contributed by atoms with Crippen LogP contribution >= 0.6 is 0 Å². The molecule has 0 aliphatic heterocycles. The molecule has 0 bridgehead atoms. The molecule has 0 aliphatic rings. The predicted octanol–water partition coefficient (Wildman–Crippen LogP) is 5.48. The van der Waals surface area contributed by atoms with Crippen LogP contribution in [0.5, 0.6) is 0 Å². The Bertz CT molecular complexity index is 849. The van der Waals surface area contributed by atoms with E-state index in [-0.39, 0.29) is 0 Å². The maximum Gasteiger partial charge on any atom is 0.460 e. The molecule has 0 amide bonds. The van der Waals surface area contributed by atoms with Crippen LogP contribution in [-0.4, -0.2) is 72.8 Å². The smallest absolute Gasteiger partial charge is 0.460 e. The van der Waals surface area contributed by atoms with Crippen molar-refractivity contribution >= 4 is 17.0 Å². The second-order valence-electron chi connectivity index (χ2n) is 5.80. The quantitative estimate of drug-likeness (QED) is 0.207. The fourth-order valence-electron chi connectivity index (χ4n) is 1.54. The normalized spacial score (nSPS) is 17.1. The van der Waals surface area contributed by atoms with Gasteiger partial charge in [0.15, 0.2) is 0 Å². The molecule has 0 saturated heterocycles.